The third kappa shape index (κ3) is 5.05. The van der Waals surface area contributed by atoms with Crippen LogP contribution in [0.1, 0.15) is 10.4 Å². The van der Waals surface area contributed by atoms with Crippen molar-refractivity contribution in [2.75, 3.05) is 43.4 Å². The number of sulfonamides is 1. The first kappa shape index (κ1) is 20.2. The maximum atomic E-state index is 13.0. The fourth-order valence-corrected chi connectivity index (χ4v) is 4.34. The van der Waals surface area contributed by atoms with Crippen LogP contribution in [-0.4, -0.2) is 57.1 Å². The average molecular weight is 409 g/mol. The summed E-state index contributed by atoms with van der Waals surface area (Å²) in [7, 11) is -3.51. The maximum Gasteiger partial charge on any atom is 0.251 e. The smallest absolute Gasteiger partial charge is 0.251 e. The Morgan fingerprint density at radius 1 is 0.893 bits per heavy atom. The summed E-state index contributed by atoms with van der Waals surface area (Å²) in [6, 6.07) is 11.1. The molecule has 1 heterocycles. The second kappa shape index (κ2) is 8.66. The summed E-state index contributed by atoms with van der Waals surface area (Å²) in [5, 5.41) is 2.54. The number of nitrogens with one attached hydrogen (secondary N) is 1. The van der Waals surface area contributed by atoms with Gasteiger partial charge in [-0.25, -0.2) is 17.2 Å². The van der Waals surface area contributed by atoms with Gasteiger partial charge in [-0.15, -0.1) is 0 Å². The van der Waals surface area contributed by atoms with Crippen molar-refractivity contribution in [1.29, 1.82) is 0 Å². The minimum absolute atomic E-state index is 0.0310. The number of carbonyl (C=O) groups excluding carboxylic acids is 1. The summed E-state index contributed by atoms with van der Waals surface area (Å²) >= 11 is 0. The Balaban J connectivity index is 1.48. The highest BCUT2D eigenvalue weighted by atomic mass is 32.2. The van der Waals surface area contributed by atoms with Gasteiger partial charge >= 0.3 is 0 Å². The Kier molecular flexibility index (Phi) is 6.25. The Hall–Kier alpha value is -2.52. The first-order chi connectivity index (χ1) is 13.3. The lowest BCUT2D eigenvalue weighted by molar-refractivity contribution is 0.0956. The van der Waals surface area contributed by atoms with E-state index in [1.165, 1.54) is 40.7 Å². The minimum atomic E-state index is -3.51. The molecular weight excluding hydrogens is 388 g/mol. The zero-order valence-corrected chi connectivity index (χ0v) is 16.0. The second-order valence-electron chi connectivity index (χ2n) is 6.44. The van der Waals surface area contributed by atoms with Crippen molar-refractivity contribution in [3.05, 3.63) is 65.7 Å². The third-order valence-corrected chi connectivity index (χ3v) is 6.45. The van der Waals surface area contributed by atoms with Crippen LogP contribution < -0.4 is 10.2 Å². The molecule has 0 aliphatic carbocycles. The monoisotopic (exact) mass is 409 g/mol. The van der Waals surface area contributed by atoms with E-state index in [9.17, 15) is 22.0 Å². The Morgan fingerprint density at radius 3 is 2.00 bits per heavy atom. The molecule has 0 aromatic heterocycles. The Morgan fingerprint density at radius 2 is 1.43 bits per heavy atom. The number of halogens is 2. The molecule has 1 aliphatic heterocycles. The van der Waals surface area contributed by atoms with Gasteiger partial charge in [-0.1, -0.05) is 0 Å². The van der Waals surface area contributed by atoms with Crippen molar-refractivity contribution < 1.29 is 22.0 Å². The predicted molar refractivity (Wildman–Crippen MR) is 103 cm³/mol. The van der Waals surface area contributed by atoms with E-state index in [4.69, 9.17) is 0 Å². The lowest BCUT2D eigenvalue weighted by Gasteiger charge is -2.35. The SMILES string of the molecule is O=C(NCCS(=O)(=O)N1CCN(c2ccc(F)cc2)CC1)c1ccc(F)cc1. The standard InChI is InChI=1S/C19H21F2N3O3S/c20-16-3-1-15(2-4-16)19(25)22-9-14-28(26,27)24-12-10-23(11-13-24)18-7-5-17(21)6-8-18/h1-8H,9-14H2,(H,22,25). The molecule has 2 aromatic rings. The van der Waals surface area contributed by atoms with Crippen molar-refractivity contribution in [3.8, 4) is 0 Å². The molecule has 1 saturated heterocycles. The fourth-order valence-electron chi connectivity index (χ4n) is 3.00. The van der Waals surface area contributed by atoms with Gasteiger partial charge in [-0.2, -0.15) is 4.31 Å². The number of benzene rings is 2. The number of carbonyl (C=O) groups is 1. The zero-order chi connectivity index (χ0) is 20.1. The summed E-state index contributed by atoms with van der Waals surface area (Å²) in [4.78, 5) is 14.0. The number of anilines is 1. The van der Waals surface area contributed by atoms with Crippen molar-refractivity contribution in [3.63, 3.8) is 0 Å². The summed E-state index contributed by atoms with van der Waals surface area (Å²) < 4.78 is 52.3. The molecule has 2 aromatic carbocycles. The van der Waals surface area contributed by atoms with Crippen LogP contribution in [0.5, 0.6) is 0 Å². The highest BCUT2D eigenvalue weighted by Crippen LogP contribution is 2.18. The summed E-state index contributed by atoms with van der Waals surface area (Å²) in [6.07, 6.45) is 0. The van der Waals surface area contributed by atoms with Gasteiger partial charge in [0, 0.05) is 44.0 Å². The molecule has 6 nitrogen and oxygen atoms in total. The van der Waals surface area contributed by atoms with Crippen molar-refractivity contribution >= 4 is 21.6 Å². The molecule has 3 rings (SSSR count). The fraction of sp³-hybridized carbons (Fsp3) is 0.316. The molecule has 9 heteroatoms. The van der Waals surface area contributed by atoms with Gasteiger partial charge in [0.05, 0.1) is 5.75 Å². The van der Waals surface area contributed by atoms with Crippen LogP contribution in [0.15, 0.2) is 48.5 Å². The topological polar surface area (TPSA) is 69.7 Å². The van der Waals surface area contributed by atoms with E-state index in [1.807, 2.05) is 4.90 Å². The lowest BCUT2D eigenvalue weighted by Crippen LogP contribution is -2.50. The van der Waals surface area contributed by atoms with Crippen LogP contribution in [0.2, 0.25) is 0 Å². The van der Waals surface area contributed by atoms with Crippen LogP contribution >= 0.6 is 0 Å². The molecule has 0 radical (unpaired) electrons. The first-order valence-electron chi connectivity index (χ1n) is 8.87. The van der Waals surface area contributed by atoms with Crippen LogP contribution in [0.3, 0.4) is 0 Å². The third-order valence-electron chi connectivity index (χ3n) is 4.58. The van der Waals surface area contributed by atoms with Crippen LogP contribution in [0.4, 0.5) is 14.5 Å². The number of piperazine rings is 1. The number of amides is 1. The van der Waals surface area contributed by atoms with Gasteiger partial charge in [-0.3, -0.25) is 4.79 Å². The highest BCUT2D eigenvalue weighted by Gasteiger charge is 2.26. The molecule has 1 aliphatic rings. The highest BCUT2D eigenvalue weighted by molar-refractivity contribution is 7.89. The van der Waals surface area contributed by atoms with Gasteiger partial charge in [-0.05, 0) is 48.5 Å². The number of nitrogens with zero attached hydrogens (tertiary/aromatic N) is 2. The van der Waals surface area contributed by atoms with Crippen molar-refractivity contribution in [1.82, 2.24) is 9.62 Å². The average Bonchev–Trinajstić information content (AvgIpc) is 2.69. The summed E-state index contributed by atoms with van der Waals surface area (Å²) in [6.45, 7) is 1.63. The van der Waals surface area contributed by atoms with E-state index in [0.717, 1.165) is 5.69 Å². The molecule has 1 fully saturated rings. The first-order valence-corrected chi connectivity index (χ1v) is 10.5. The van der Waals surface area contributed by atoms with E-state index in [2.05, 4.69) is 5.32 Å². The molecule has 0 unspecified atom stereocenters. The molecule has 0 spiro atoms. The quantitative estimate of drug-likeness (QED) is 0.791. The normalized spacial score (nSPS) is 15.4. The largest absolute Gasteiger partial charge is 0.369 e. The van der Waals surface area contributed by atoms with Crippen LogP contribution in [0, 0.1) is 11.6 Å². The predicted octanol–water partition coefficient (Wildman–Crippen LogP) is 1.85. The number of hydrogen-bond donors (Lipinski definition) is 1. The van der Waals surface area contributed by atoms with Crippen molar-refractivity contribution in [2.45, 2.75) is 0 Å². The van der Waals surface area contributed by atoms with E-state index >= 15 is 0 Å². The summed E-state index contributed by atoms with van der Waals surface area (Å²) in [5.41, 5.74) is 1.12. The van der Waals surface area contributed by atoms with Crippen molar-refractivity contribution in [2.24, 2.45) is 0 Å². The maximum absolute atomic E-state index is 13.0. The molecule has 1 amide bonds. The zero-order valence-electron chi connectivity index (χ0n) is 15.1. The number of rotatable bonds is 6. The van der Waals surface area contributed by atoms with Gasteiger partial charge < -0.3 is 10.2 Å². The minimum Gasteiger partial charge on any atom is -0.369 e. The van der Waals surface area contributed by atoms with E-state index in [-0.39, 0.29) is 23.7 Å². The van der Waals surface area contributed by atoms with Crippen LogP contribution in [0.25, 0.3) is 0 Å². The molecule has 0 atom stereocenters. The number of hydrogen-bond acceptors (Lipinski definition) is 4. The van der Waals surface area contributed by atoms with Gasteiger partial charge in [0.15, 0.2) is 0 Å². The molecule has 0 bridgehead atoms. The molecule has 0 saturated carbocycles. The summed E-state index contributed by atoms with van der Waals surface area (Å²) in [5.74, 6) is -1.42. The van der Waals surface area contributed by atoms with Gasteiger partial charge in [0.2, 0.25) is 10.0 Å². The van der Waals surface area contributed by atoms with Gasteiger partial charge in [0.1, 0.15) is 11.6 Å². The molecular formula is C19H21F2N3O3S. The molecule has 150 valence electrons. The van der Waals surface area contributed by atoms with Gasteiger partial charge in [0.25, 0.3) is 5.91 Å². The van der Waals surface area contributed by atoms with E-state index in [1.54, 1.807) is 12.1 Å². The van der Waals surface area contributed by atoms with Crippen LogP contribution in [-0.2, 0) is 10.0 Å². The van der Waals surface area contributed by atoms with E-state index < -0.39 is 21.7 Å². The second-order valence-corrected chi connectivity index (χ2v) is 8.53. The molecule has 28 heavy (non-hydrogen) atoms. The van der Waals surface area contributed by atoms with E-state index in [0.29, 0.717) is 26.2 Å². The lowest BCUT2D eigenvalue weighted by atomic mass is 10.2. The molecule has 1 N–H and O–H groups in total. The Labute approximate surface area is 162 Å². The Bertz CT molecular complexity index is 910.